The molecule has 1 aliphatic rings. The Balaban J connectivity index is 2.28. The molecule has 0 spiro atoms. The summed E-state index contributed by atoms with van der Waals surface area (Å²) in [7, 11) is 0. The molecule has 2 unspecified atom stereocenters. The fraction of sp³-hybridized carbons (Fsp3) is 1.00. The van der Waals surface area contributed by atoms with Crippen LogP contribution in [-0.2, 0) is 9.47 Å². The monoisotopic (exact) mass is 124 g/mol. The van der Waals surface area contributed by atoms with Crippen molar-refractivity contribution in [3.63, 3.8) is 0 Å². The zero-order valence-corrected chi connectivity index (χ0v) is 4.14. The lowest BCUT2D eigenvalue weighted by Crippen LogP contribution is -2.31. The minimum Gasteiger partial charge on any atom is -0.342 e. The average molecular weight is 124 g/mol. The molecule has 0 N–H and O–H groups in total. The highest BCUT2D eigenvalue weighted by atomic mass is 19.2. The first-order valence-electron chi connectivity index (χ1n) is 2.32. The topological polar surface area (TPSA) is 18.5 Å². The average Bonchev–Trinajstić information content (AvgIpc) is 1.77. The Morgan fingerprint density at radius 3 is 1.62 bits per heavy atom. The van der Waals surface area contributed by atoms with E-state index in [0.717, 1.165) is 0 Å². The first-order valence-corrected chi connectivity index (χ1v) is 2.32. The van der Waals surface area contributed by atoms with Crippen LogP contribution in [0.1, 0.15) is 0 Å². The molecule has 1 heterocycles. The predicted octanol–water partition coefficient (Wildman–Crippen LogP) is 0.624. The van der Waals surface area contributed by atoms with Crippen LogP contribution < -0.4 is 0 Å². The normalized spacial score (nSPS) is 39.8. The first-order chi connectivity index (χ1) is 3.80. The van der Waals surface area contributed by atoms with E-state index in [1.165, 1.54) is 0 Å². The van der Waals surface area contributed by atoms with E-state index in [4.69, 9.17) is 0 Å². The van der Waals surface area contributed by atoms with E-state index in [0.29, 0.717) is 0 Å². The highest BCUT2D eigenvalue weighted by Gasteiger charge is 2.25. The van der Waals surface area contributed by atoms with Crippen molar-refractivity contribution in [1.29, 1.82) is 0 Å². The predicted molar refractivity (Wildman–Crippen MR) is 21.7 cm³/mol. The van der Waals surface area contributed by atoms with Crippen LogP contribution >= 0.6 is 0 Å². The summed E-state index contributed by atoms with van der Waals surface area (Å²) in [6, 6.07) is 0. The van der Waals surface area contributed by atoms with Gasteiger partial charge in [0, 0.05) is 0 Å². The molecular weight excluding hydrogens is 118 g/mol. The lowest BCUT2D eigenvalue weighted by atomic mass is 10.6. The summed E-state index contributed by atoms with van der Waals surface area (Å²) in [5.41, 5.74) is 0. The number of halogens is 2. The zero-order chi connectivity index (χ0) is 5.98. The van der Waals surface area contributed by atoms with E-state index in [1.807, 2.05) is 0 Å². The van der Waals surface area contributed by atoms with Crippen molar-refractivity contribution >= 4 is 0 Å². The molecule has 0 aromatic carbocycles. The van der Waals surface area contributed by atoms with Gasteiger partial charge in [-0.3, -0.25) is 0 Å². The second-order valence-electron chi connectivity index (χ2n) is 1.44. The van der Waals surface area contributed by atoms with Gasteiger partial charge in [0.05, 0.1) is 13.2 Å². The van der Waals surface area contributed by atoms with Gasteiger partial charge in [0.15, 0.2) is 0 Å². The van der Waals surface area contributed by atoms with Gasteiger partial charge >= 0.3 is 0 Å². The smallest absolute Gasteiger partial charge is 0.255 e. The Hall–Kier alpha value is -0.220. The van der Waals surface area contributed by atoms with E-state index in [1.54, 1.807) is 0 Å². The summed E-state index contributed by atoms with van der Waals surface area (Å²) in [5.74, 6) is 0. The van der Waals surface area contributed by atoms with Crippen molar-refractivity contribution in [2.75, 3.05) is 13.2 Å². The third-order valence-electron chi connectivity index (χ3n) is 0.844. The SMILES string of the molecule is FC1OCCOC1F. The summed E-state index contributed by atoms with van der Waals surface area (Å²) >= 11 is 0. The minimum atomic E-state index is -1.89. The van der Waals surface area contributed by atoms with Crippen LogP contribution in [0.2, 0.25) is 0 Å². The number of hydrogen-bond acceptors (Lipinski definition) is 2. The molecule has 0 radical (unpaired) electrons. The van der Waals surface area contributed by atoms with Crippen LogP contribution in [0.3, 0.4) is 0 Å². The van der Waals surface area contributed by atoms with E-state index >= 15 is 0 Å². The Bertz CT molecular complexity index is 68.4. The van der Waals surface area contributed by atoms with Crippen molar-refractivity contribution in [3.8, 4) is 0 Å². The third kappa shape index (κ3) is 1.14. The summed E-state index contributed by atoms with van der Waals surface area (Å²) < 4.78 is 32.2. The van der Waals surface area contributed by atoms with Gasteiger partial charge < -0.3 is 9.47 Å². The number of rotatable bonds is 0. The minimum absolute atomic E-state index is 0.140. The highest BCUT2D eigenvalue weighted by molar-refractivity contribution is 4.51. The van der Waals surface area contributed by atoms with Crippen LogP contribution in [-0.4, -0.2) is 25.9 Å². The maximum atomic E-state index is 11.9. The molecule has 1 saturated heterocycles. The molecule has 0 aromatic heterocycles. The first kappa shape index (κ1) is 5.91. The van der Waals surface area contributed by atoms with Gasteiger partial charge in [0.25, 0.3) is 12.7 Å². The van der Waals surface area contributed by atoms with Crippen LogP contribution in [0.25, 0.3) is 0 Å². The Kier molecular flexibility index (Phi) is 1.75. The van der Waals surface area contributed by atoms with Crippen molar-refractivity contribution in [1.82, 2.24) is 0 Å². The molecule has 2 nitrogen and oxygen atoms in total. The third-order valence-corrected chi connectivity index (χ3v) is 0.844. The van der Waals surface area contributed by atoms with E-state index in [-0.39, 0.29) is 13.2 Å². The zero-order valence-electron chi connectivity index (χ0n) is 4.14. The highest BCUT2D eigenvalue weighted by Crippen LogP contribution is 2.11. The van der Waals surface area contributed by atoms with Gasteiger partial charge in [0.2, 0.25) is 0 Å². The largest absolute Gasteiger partial charge is 0.342 e. The van der Waals surface area contributed by atoms with Crippen LogP contribution in [0, 0.1) is 0 Å². The van der Waals surface area contributed by atoms with E-state index in [9.17, 15) is 8.78 Å². The fourth-order valence-electron chi connectivity index (χ4n) is 0.473. The molecule has 0 amide bonds. The number of ether oxygens (including phenoxy) is 2. The fourth-order valence-corrected chi connectivity index (χ4v) is 0.473. The lowest BCUT2D eigenvalue weighted by molar-refractivity contribution is -0.235. The van der Waals surface area contributed by atoms with Crippen LogP contribution in [0.4, 0.5) is 8.78 Å². The van der Waals surface area contributed by atoms with Crippen molar-refractivity contribution in [3.05, 3.63) is 0 Å². The summed E-state index contributed by atoms with van der Waals surface area (Å²) in [6.07, 6.45) is -3.77. The molecule has 0 saturated carbocycles. The number of alkyl halides is 2. The second kappa shape index (κ2) is 2.37. The van der Waals surface area contributed by atoms with Gasteiger partial charge in [-0.25, -0.2) is 8.78 Å². The van der Waals surface area contributed by atoms with Crippen LogP contribution in [0.15, 0.2) is 0 Å². The maximum Gasteiger partial charge on any atom is 0.255 e. The van der Waals surface area contributed by atoms with E-state index < -0.39 is 12.7 Å². The molecule has 0 bridgehead atoms. The quantitative estimate of drug-likeness (QED) is 0.471. The standard InChI is InChI=1S/C4H6F2O2/c5-3-4(6)8-2-1-7-3/h3-4H,1-2H2. The molecule has 0 aliphatic carbocycles. The van der Waals surface area contributed by atoms with Gasteiger partial charge in [0.1, 0.15) is 0 Å². The molecule has 2 atom stereocenters. The van der Waals surface area contributed by atoms with Crippen molar-refractivity contribution in [2.45, 2.75) is 12.7 Å². The second-order valence-corrected chi connectivity index (χ2v) is 1.44. The Morgan fingerprint density at radius 2 is 1.38 bits per heavy atom. The van der Waals surface area contributed by atoms with Gasteiger partial charge in [-0.2, -0.15) is 0 Å². The van der Waals surface area contributed by atoms with Gasteiger partial charge in [-0.15, -0.1) is 0 Å². The summed E-state index contributed by atoms with van der Waals surface area (Å²) in [6.45, 7) is 0.281. The lowest BCUT2D eigenvalue weighted by Gasteiger charge is -2.19. The molecule has 4 heteroatoms. The Labute approximate surface area is 45.4 Å². The molecule has 48 valence electrons. The van der Waals surface area contributed by atoms with Gasteiger partial charge in [-0.1, -0.05) is 0 Å². The van der Waals surface area contributed by atoms with Crippen molar-refractivity contribution < 1.29 is 18.3 Å². The molecule has 1 fully saturated rings. The Morgan fingerprint density at radius 1 is 1.00 bits per heavy atom. The molecule has 0 aromatic rings. The molecule has 1 aliphatic heterocycles. The maximum absolute atomic E-state index is 11.9. The molecule has 8 heavy (non-hydrogen) atoms. The summed E-state index contributed by atoms with van der Waals surface area (Å²) in [4.78, 5) is 0. The molecular formula is C4H6F2O2. The molecule has 1 rings (SSSR count). The summed E-state index contributed by atoms with van der Waals surface area (Å²) in [5, 5.41) is 0. The number of hydrogen-bond donors (Lipinski definition) is 0. The van der Waals surface area contributed by atoms with E-state index in [2.05, 4.69) is 9.47 Å². The van der Waals surface area contributed by atoms with Crippen molar-refractivity contribution in [2.24, 2.45) is 0 Å². The van der Waals surface area contributed by atoms with Crippen LogP contribution in [0.5, 0.6) is 0 Å². The van der Waals surface area contributed by atoms with Gasteiger partial charge in [-0.05, 0) is 0 Å².